The third-order valence-corrected chi connectivity index (χ3v) is 4.82. The molecule has 2 N–H and O–H groups in total. The molecule has 1 amide bonds. The fourth-order valence-corrected chi connectivity index (χ4v) is 3.58. The summed E-state index contributed by atoms with van der Waals surface area (Å²) >= 11 is 1.62. The Hall–Kier alpha value is -1.07. The second kappa shape index (κ2) is 7.97. The van der Waals surface area contributed by atoms with Crippen LogP contribution in [0.1, 0.15) is 49.7 Å². The molecule has 0 atom stereocenters. The molecule has 0 heterocycles. The Labute approximate surface area is 135 Å². The lowest BCUT2D eigenvalue weighted by molar-refractivity contribution is -0.127. The third-order valence-electron chi connectivity index (χ3n) is 4.22. The highest BCUT2D eigenvalue weighted by Gasteiger charge is 2.31. The van der Waals surface area contributed by atoms with Crippen molar-refractivity contribution >= 4 is 17.7 Å². The van der Waals surface area contributed by atoms with Crippen molar-refractivity contribution in [3.63, 3.8) is 0 Å². The summed E-state index contributed by atoms with van der Waals surface area (Å²) in [5.74, 6) is 0.326. The van der Waals surface area contributed by atoms with Gasteiger partial charge in [-0.1, -0.05) is 25.3 Å². The van der Waals surface area contributed by atoms with Crippen LogP contribution in [0.25, 0.3) is 0 Å². The smallest absolute Gasteiger partial charge is 0.223 e. The maximum Gasteiger partial charge on any atom is 0.223 e. The van der Waals surface area contributed by atoms with Crippen LogP contribution in [-0.2, 0) is 17.1 Å². The number of thioether (sulfide) groups is 1. The van der Waals surface area contributed by atoms with E-state index in [9.17, 15) is 14.3 Å². The normalized spacial score (nSPS) is 17.2. The van der Waals surface area contributed by atoms with Gasteiger partial charge in [-0.15, -0.1) is 0 Å². The van der Waals surface area contributed by atoms with Gasteiger partial charge in [0.25, 0.3) is 0 Å². The molecule has 0 unspecified atom stereocenters. The van der Waals surface area contributed by atoms with E-state index in [2.05, 4.69) is 5.32 Å². The van der Waals surface area contributed by atoms with Gasteiger partial charge in [-0.05, 0) is 42.4 Å². The van der Waals surface area contributed by atoms with Crippen molar-refractivity contribution in [2.24, 2.45) is 0 Å². The monoisotopic (exact) mass is 325 g/mol. The van der Waals surface area contributed by atoms with Crippen LogP contribution in [0.4, 0.5) is 4.39 Å². The van der Waals surface area contributed by atoms with Gasteiger partial charge in [0.05, 0.1) is 12.0 Å². The first kappa shape index (κ1) is 17.3. The summed E-state index contributed by atoms with van der Waals surface area (Å²) in [5.41, 5.74) is 0.997. The molecule has 1 aliphatic rings. The van der Waals surface area contributed by atoms with Gasteiger partial charge in [-0.25, -0.2) is 4.39 Å². The molecule has 0 aliphatic heterocycles. The van der Waals surface area contributed by atoms with Crippen LogP contribution >= 0.6 is 11.8 Å². The minimum Gasteiger partial charge on any atom is -0.389 e. The van der Waals surface area contributed by atoms with Crippen LogP contribution < -0.4 is 5.32 Å². The topological polar surface area (TPSA) is 49.3 Å². The lowest BCUT2D eigenvalue weighted by Gasteiger charge is -2.31. The number of hydrogen-bond donors (Lipinski definition) is 2. The fourth-order valence-electron chi connectivity index (χ4n) is 3.00. The molecule has 1 fully saturated rings. The Kier molecular flexibility index (Phi) is 6.26. The molecule has 0 bridgehead atoms. The summed E-state index contributed by atoms with van der Waals surface area (Å²) in [6, 6.07) is 4.66. The van der Waals surface area contributed by atoms with Crippen molar-refractivity contribution in [2.75, 3.05) is 6.26 Å². The van der Waals surface area contributed by atoms with Crippen molar-refractivity contribution in [1.29, 1.82) is 0 Å². The summed E-state index contributed by atoms with van der Waals surface area (Å²) in [5, 5.41) is 13.3. The second-order valence-electron chi connectivity index (χ2n) is 6.08. The van der Waals surface area contributed by atoms with Crippen LogP contribution in [0.3, 0.4) is 0 Å². The van der Waals surface area contributed by atoms with Crippen LogP contribution in [0.15, 0.2) is 18.2 Å². The highest BCUT2D eigenvalue weighted by atomic mass is 32.2. The highest BCUT2D eigenvalue weighted by molar-refractivity contribution is 7.97. The van der Waals surface area contributed by atoms with E-state index in [0.29, 0.717) is 25.1 Å². The van der Waals surface area contributed by atoms with Gasteiger partial charge < -0.3 is 10.4 Å². The van der Waals surface area contributed by atoms with Gasteiger partial charge in [-0.2, -0.15) is 11.8 Å². The van der Waals surface area contributed by atoms with Crippen LogP contribution in [-0.4, -0.2) is 22.9 Å². The second-order valence-corrected chi connectivity index (χ2v) is 6.95. The minimum atomic E-state index is -0.840. The SMILES string of the molecule is CSCc1cc(F)ccc1CNC(=O)CC1(O)CCCCC1. The molecule has 22 heavy (non-hydrogen) atoms. The minimum absolute atomic E-state index is 0.135. The number of rotatable bonds is 6. The quantitative estimate of drug-likeness (QED) is 0.843. The van der Waals surface area contributed by atoms with Crippen LogP contribution in [0.5, 0.6) is 0 Å². The predicted molar refractivity (Wildman–Crippen MR) is 88.1 cm³/mol. The molecular formula is C17H24FNO2S. The molecule has 0 spiro atoms. The Morgan fingerprint density at radius 3 is 2.73 bits per heavy atom. The summed E-state index contributed by atoms with van der Waals surface area (Å²) in [7, 11) is 0. The first-order chi connectivity index (χ1) is 10.5. The molecule has 0 aromatic heterocycles. The highest BCUT2D eigenvalue weighted by Crippen LogP contribution is 2.30. The van der Waals surface area contributed by atoms with Gasteiger partial charge in [0.15, 0.2) is 0 Å². The van der Waals surface area contributed by atoms with Gasteiger partial charge in [0.1, 0.15) is 5.82 Å². The number of benzene rings is 1. The van der Waals surface area contributed by atoms with Gasteiger partial charge in [0, 0.05) is 12.3 Å². The maximum absolute atomic E-state index is 13.3. The lowest BCUT2D eigenvalue weighted by atomic mass is 9.82. The van der Waals surface area contributed by atoms with Crippen molar-refractivity contribution in [3.05, 3.63) is 35.1 Å². The third kappa shape index (κ3) is 4.99. The molecule has 5 heteroatoms. The van der Waals surface area contributed by atoms with Gasteiger partial charge in [0.2, 0.25) is 5.91 Å². The Morgan fingerprint density at radius 1 is 1.32 bits per heavy atom. The van der Waals surface area contributed by atoms with E-state index >= 15 is 0 Å². The van der Waals surface area contributed by atoms with E-state index in [4.69, 9.17) is 0 Å². The van der Waals surface area contributed by atoms with Crippen molar-refractivity contribution in [1.82, 2.24) is 5.32 Å². The van der Waals surface area contributed by atoms with Crippen molar-refractivity contribution in [3.8, 4) is 0 Å². The number of carbonyl (C=O) groups excluding carboxylic acids is 1. The molecule has 1 aromatic carbocycles. The number of halogens is 1. The van der Waals surface area contributed by atoms with Crippen LogP contribution in [0, 0.1) is 5.82 Å². The zero-order valence-corrected chi connectivity index (χ0v) is 13.8. The van der Waals surface area contributed by atoms with E-state index < -0.39 is 5.60 Å². The average Bonchev–Trinajstić information content (AvgIpc) is 2.47. The van der Waals surface area contributed by atoms with E-state index in [1.807, 2.05) is 6.26 Å². The standard InChI is InChI=1S/C17H24FNO2S/c1-22-12-14-9-15(18)6-5-13(14)11-19-16(20)10-17(21)7-3-2-4-8-17/h5-6,9,21H,2-4,7-8,10-12H2,1H3,(H,19,20). The zero-order valence-electron chi connectivity index (χ0n) is 13.0. The van der Waals surface area contributed by atoms with E-state index in [0.717, 1.165) is 30.4 Å². The summed E-state index contributed by atoms with van der Waals surface area (Å²) < 4.78 is 13.3. The molecule has 1 saturated carbocycles. The first-order valence-electron chi connectivity index (χ1n) is 7.78. The molecular weight excluding hydrogens is 301 g/mol. The Bertz CT molecular complexity index is 515. The predicted octanol–water partition coefficient (Wildman–Crippen LogP) is 3.39. The number of nitrogens with one attached hydrogen (secondary N) is 1. The van der Waals surface area contributed by atoms with Crippen molar-refractivity contribution in [2.45, 2.75) is 56.4 Å². The largest absolute Gasteiger partial charge is 0.389 e. The summed E-state index contributed by atoms with van der Waals surface area (Å²) in [6.45, 7) is 0.380. The molecule has 2 rings (SSSR count). The van der Waals surface area contributed by atoms with E-state index in [1.165, 1.54) is 12.1 Å². The van der Waals surface area contributed by atoms with Gasteiger partial charge in [-0.3, -0.25) is 4.79 Å². The van der Waals surface area contributed by atoms with Crippen molar-refractivity contribution < 1.29 is 14.3 Å². The first-order valence-corrected chi connectivity index (χ1v) is 9.17. The molecule has 3 nitrogen and oxygen atoms in total. The fraction of sp³-hybridized carbons (Fsp3) is 0.588. The lowest BCUT2D eigenvalue weighted by Crippen LogP contribution is -2.38. The molecule has 1 aromatic rings. The number of hydrogen-bond acceptors (Lipinski definition) is 3. The number of carbonyl (C=O) groups is 1. The Balaban J connectivity index is 1.90. The summed E-state index contributed by atoms with van der Waals surface area (Å²) in [4.78, 5) is 12.1. The zero-order chi connectivity index (χ0) is 16.0. The van der Waals surface area contributed by atoms with Crippen LogP contribution in [0.2, 0.25) is 0 Å². The Morgan fingerprint density at radius 2 is 2.05 bits per heavy atom. The average molecular weight is 325 g/mol. The molecule has 0 saturated heterocycles. The van der Waals surface area contributed by atoms with E-state index in [1.54, 1.807) is 17.8 Å². The summed E-state index contributed by atoms with van der Waals surface area (Å²) in [6.07, 6.45) is 6.64. The number of amides is 1. The maximum atomic E-state index is 13.3. The molecule has 0 radical (unpaired) electrons. The van der Waals surface area contributed by atoms with Gasteiger partial charge >= 0.3 is 0 Å². The van der Waals surface area contributed by atoms with E-state index in [-0.39, 0.29) is 18.1 Å². The number of aliphatic hydroxyl groups is 1. The molecule has 1 aliphatic carbocycles. The molecule has 122 valence electrons.